The van der Waals surface area contributed by atoms with E-state index >= 15 is 0 Å². The van der Waals surface area contributed by atoms with E-state index in [0.717, 1.165) is 38.8 Å². The Morgan fingerprint density at radius 2 is 1.74 bits per heavy atom. The van der Waals surface area contributed by atoms with Crippen LogP contribution in [-0.2, 0) is 11.2 Å². The summed E-state index contributed by atoms with van der Waals surface area (Å²) in [6.45, 7) is 0.837. The van der Waals surface area contributed by atoms with E-state index in [9.17, 15) is 4.79 Å². The van der Waals surface area contributed by atoms with Crippen molar-refractivity contribution in [1.82, 2.24) is 25.1 Å². The smallest absolute Gasteiger partial charge is 0.224 e. The lowest BCUT2D eigenvalue weighted by Crippen LogP contribution is -2.29. The highest BCUT2D eigenvalue weighted by atomic mass is 16.5. The van der Waals surface area contributed by atoms with Crippen LogP contribution in [0.2, 0.25) is 0 Å². The summed E-state index contributed by atoms with van der Waals surface area (Å²) in [6, 6.07) is 31.3. The first-order chi connectivity index (χ1) is 19.2. The second-order valence-electron chi connectivity index (χ2n) is 9.04. The maximum absolute atomic E-state index is 12.7. The van der Waals surface area contributed by atoms with Gasteiger partial charge in [0, 0.05) is 28.9 Å². The van der Waals surface area contributed by atoms with Crippen molar-refractivity contribution in [3.63, 3.8) is 0 Å². The third kappa shape index (κ3) is 5.55. The third-order valence-corrected chi connectivity index (χ3v) is 6.35. The monoisotopic (exact) mass is 514 g/mol. The molecule has 6 rings (SSSR count). The van der Waals surface area contributed by atoms with Crippen molar-refractivity contribution in [3.05, 3.63) is 115 Å². The molecular weight excluding hydrogens is 488 g/mol. The van der Waals surface area contributed by atoms with Gasteiger partial charge < -0.3 is 15.4 Å². The Morgan fingerprint density at radius 1 is 0.872 bits per heavy atom. The number of amides is 1. The maximum atomic E-state index is 12.7. The lowest BCUT2D eigenvalue weighted by atomic mass is 10.1. The van der Waals surface area contributed by atoms with Crippen molar-refractivity contribution in [2.24, 2.45) is 0 Å². The van der Waals surface area contributed by atoms with Crippen molar-refractivity contribution in [2.45, 2.75) is 6.42 Å². The van der Waals surface area contributed by atoms with E-state index in [4.69, 9.17) is 4.74 Å². The van der Waals surface area contributed by atoms with Crippen LogP contribution < -0.4 is 15.4 Å². The zero-order chi connectivity index (χ0) is 26.4. The Hall–Kier alpha value is -5.24. The summed E-state index contributed by atoms with van der Waals surface area (Å²) in [5.41, 5.74) is 3.73. The number of hydrogen-bond acceptors (Lipinski definition) is 6. The Kier molecular flexibility index (Phi) is 6.81. The number of pyridine rings is 1. The highest BCUT2D eigenvalue weighted by Gasteiger charge is 2.14. The van der Waals surface area contributed by atoms with Gasteiger partial charge in [0.25, 0.3) is 0 Å². The van der Waals surface area contributed by atoms with Crippen LogP contribution in [0, 0.1) is 0 Å². The topological polar surface area (TPSA) is 94.0 Å². The molecule has 0 aliphatic rings. The molecule has 3 aromatic carbocycles. The van der Waals surface area contributed by atoms with Crippen LogP contribution in [0.5, 0.6) is 5.75 Å². The number of ether oxygens (including phenoxy) is 1. The molecule has 0 spiro atoms. The lowest BCUT2D eigenvalue weighted by Gasteiger charge is -2.08. The van der Waals surface area contributed by atoms with E-state index in [1.807, 2.05) is 108 Å². The normalized spacial score (nSPS) is 11.0. The molecule has 8 heteroatoms. The standard InChI is InChI=1S/C31H26N6O2/c38-31(33-17-18-39-25-8-2-1-3-9-25)20-23-21-37(28-11-5-4-10-26(23)28)30-15-14-29(35-36-30)34-24-12-13-27-22(19-24)7-6-16-32-27/h1-16,19,21H,17-18,20H2,(H,33,38)(H,34,35). The van der Waals surface area contributed by atoms with E-state index < -0.39 is 0 Å². The summed E-state index contributed by atoms with van der Waals surface area (Å²) >= 11 is 0. The molecule has 2 N–H and O–H groups in total. The van der Waals surface area contributed by atoms with Gasteiger partial charge in [-0.25, -0.2) is 0 Å². The highest BCUT2D eigenvalue weighted by molar-refractivity contribution is 5.90. The number of carbonyl (C=O) groups is 1. The SMILES string of the molecule is O=C(Cc1cn(-c2ccc(Nc3ccc4ncccc4c3)nn2)c2ccccc12)NCCOc1ccccc1. The number of benzene rings is 3. The quantitative estimate of drug-likeness (QED) is 0.249. The molecule has 0 aliphatic heterocycles. The fraction of sp³-hybridized carbons (Fsp3) is 0.0968. The van der Waals surface area contributed by atoms with Gasteiger partial charge in [-0.2, -0.15) is 0 Å². The number of aromatic nitrogens is 4. The first kappa shape index (κ1) is 24.1. The van der Waals surface area contributed by atoms with Crippen molar-refractivity contribution >= 4 is 39.2 Å². The van der Waals surface area contributed by atoms with Gasteiger partial charge in [-0.1, -0.05) is 42.5 Å². The minimum atomic E-state index is -0.0641. The zero-order valence-corrected chi connectivity index (χ0v) is 21.1. The molecule has 6 aromatic rings. The second kappa shape index (κ2) is 11.0. The van der Waals surface area contributed by atoms with Crippen molar-refractivity contribution in [2.75, 3.05) is 18.5 Å². The molecule has 8 nitrogen and oxygen atoms in total. The van der Waals surface area contributed by atoms with E-state index in [1.54, 1.807) is 6.20 Å². The summed E-state index contributed by atoms with van der Waals surface area (Å²) < 4.78 is 7.63. The van der Waals surface area contributed by atoms with Crippen molar-refractivity contribution in [1.29, 1.82) is 0 Å². The number of hydrogen-bond donors (Lipinski definition) is 2. The van der Waals surface area contributed by atoms with Crippen molar-refractivity contribution in [3.8, 4) is 11.6 Å². The van der Waals surface area contributed by atoms with Gasteiger partial charge in [-0.05, 0) is 60.2 Å². The second-order valence-corrected chi connectivity index (χ2v) is 9.04. The molecular formula is C31H26N6O2. The molecule has 39 heavy (non-hydrogen) atoms. The molecule has 0 bridgehead atoms. The van der Waals surface area contributed by atoms with Crippen LogP contribution in [0.4, 0.5) is 11.5 Å². The van der Waals surface area contributed by atoms with E-state index in [1.165, 1.54) is 0 Å². The molecule has 0 unspecified atom stereocenters. The number of rotatable bonds is 9. The molecule has 0 saturated heterocycles. The molecule has 0 atom stereocenters. The van der Waals surface area contributed by atoms with Gasteiger partial charge in [0.15, 0.2) is 11.6 Å². The van der Waals surface area contributed by atoms with Crippen LogP contribution in [0.1, 0.15) is 5.56 Å². The molecule has 0 radical (unpaired) electrons. The summed E-state index contributed by atoms with van der Waals surface area (Å²) in [5.74, 6) is 2.02. The predicted molar refractivity (Wildman–Crippen MR) is 153 cm³/mol. The predicted octanol–water partition coefficient (Wildman–Crippen LogP) is 5.45. The average Bonchev–Trinajstić information content (AvgIpc) is 3.34. The first-order valence-electron chi connectivity index (χ1n) is 12.7. The summed E-state index contributed by atoms with van der Waals surface area (Å²) in [5, 5.41) is 17.1. The molecule has 1 amide bonds. The van der Waals surface area contributed by atoms with E-state index in [0.29, 0.717) is 24.8 Å². The molecule has 0 aliphatic carbocycles. The number of anilines is 2. The molecule has 192 valence electrons. The highest BCUT2D eigenvalue weighted by Crippen LogP contribution is 2.25. The van der Waals surface area contributed by atoms with Gasteiger partial charge in [-0.3, -0.25) is 14.3 Å². The fourth-order valence-electron chi connectivity index (χ4n) is 4.51. The Morgan fingerprint density at radius 3 is 2.62 bits per heavy atom. The van der Waals surface area contributed by atoms with Crippen LogP contribution in [-0.4, -0.2) is 38.8 Å². The van der Waals surface area contributed by atoms with Gasteiger partial charge in [0.05, 0.1) is 24.0 Å². The number of fused-ring (bicyclic) bond motifs is 2. The molecule has 0 saturated carbocycles. The van der Waals surface area contributed by atoms with Gasteiger partial charge >= 0.3 is 0 Å². The first-order valence-corrected chi connectivity index (χ1v) is 12.7. The van der Waals surface area contributed by atoms with Gasteiger partial charge in [0.2, 0.25) is 5.91 Å². The van der Waals surface area contributed by atoms with Crippen LogP contribution in [0.25, 0.3) is 27.6 Å². The van der Waals surface area contributed by atoms with E-state index in [-0.39, 0.29) is 12.3 Å². The Bertz CT molecular complexity index is 1730. The van der Waals surface area contributed by atoms with Crippen LogP contribution >= 0.6 is 0 Å². The minimum absolute atomic E-state index is 0.0641. The number of nitrogens with one attached hydrogen (secondary N) is 2. The van der Waals surface area contributed by atoms with Crippen LogP contribution in [0.15, 0.2) is 109 Å². The van der Waals surface area contributed by atoms with E-state index in [2.05, 4.69) is 25.8 Å². The Labute approximate surface area is 225 Å². The lowest BCUT2D eigenvalue weighted by molar-refractivity contribution is -0.120. The number of carbonyl (C=O) groups excluding carboxylic acids is 1. The molecule has 3 aromatic heterocycles. The maximum Gasteiger partial charge on any atom is 0.224 e. The minimum Gasteiger partial charge on any atom is -0.492 e. The summed E-state index contributed by atoms with van der Waals surface area (Å²) in [4.78, 5) is 17.1. The largest absolute Gasteiger partial charge is 0.492 e. The number of para-hydroxylation sites is 2. The van der Waals surface area contributed by atoms with Gasteiger partial charge in [0.1, 0.15) is 12.4 Å². The van der Waals surface area contributed by atoms with Gasteiger partial charge in [-0.15, -0.1) is 10.2 Å². The zero-order valence-electron chi connectivity index (χ0n) is 21.1. The van der Waals surface area contributed by atoms with Crippen LogP contribution in [0.3, 0.4) is 0 Å². The van der Waals surface area contributed by atoms with Crippen molar-refractivity contribution < 1.29 is 9.53 Å². The number of nitrogens with zero attached hydrogens (tertiary/aromatic N) is 4. The summed E-state index contributed by atoms with van der Waals surface area (Å²) in [6.07, 6.45) is 3.99. The average molecular weight is 515 g/mol. The Balaban J connectivity index is 1.14. The third-order valence-electron chi connectivity index (χ3n) is 6.35. The fourth-order valence-corrected chi connectivity index (χ4v) is 4.51. The molecule has 0 fully saturated rings. The summed E-state index contributed by atoms with van der Waals surface area (Å²) in [7, 11) is 0. The molecule has 3 heterocycles.